The maximum Gasteiger partial charge on any atom is 0.0512 e. The zero-order valence-electron chi connectivity index (χ0n) is 6.26. The highest BCUT2D eigenvalue weighted by atomic mass is 127. The summed E-state index contributed by atoms with van der Waals surface area (Å²) >= 11 is 2.41. The van der Waals surface area contributed by atoms with Crippen LogP contribution in [-0.4, -0.2) is 9.45 Å². The van der Waals surface area contributed by atoms with E-state index >= 15 is 0 Å². The largest absolute Gasteiger partial charge is 0.286 e. The Bertz CT molecular complexity index is 234. The van der Waals surface area contributed by atoms with Gasteiger partial charge in [-0.15, -0.1) is 0 Å². The Morgan fingerprint density at radius 2 is 1.73 bits per heavy atom. The van der Waals surface area contributed by atoms with Crippen LogP contribution in [0.1, 0.15) is 11.1 Å². The summed E-state index contributed by atoms with van der Waals surface area (Å²) in [5.74, 6) is 0. The van der Waals surface area contributed by atoms with Gasteiger partial charge in [-0.3, -0.25) is 4.90 Å². The number of hydrogen-bond acceptors (Lipinski definition) is 1. The van der Waals surface area contributed by atoms with Gasteiger partial charge in [-0.25, -0.2) is 0 Å². The molecule has 0 atom stereocenters. The van der Waals surface area contributed by atoms with Crippen molar-refractivity contribution in [3.8, 4) is 0 Å². The van der Waals surface area contributed by atoms with Gasteiger partial charge in [-0.2, -0.15) is 0 Å². The Hall–Kier alpha value is -0.0900. The van der Waals surface area contributed by atoms with Crippen LogP contribution in [0.2, 0.25) is 0 Å². The molecule has 1 heterocycles. The average molecular weight is 259 g/mol. The zero-order valence-corrected chi connectivity index (χ0v) is 8.41. The number of rotatable bonds is 1. The molecular formula is C9H10IN. The van der Waals surface area contributed by atoms with Crippen molar-refractivity contribution in [2.45, 2.75) is 13.1 Å². The highest BCUT2D eigenvalue weighted by Gasteiger charge is 2.15. The molecule has 0 spiro atoms. The smallest absolute Gasteiger partial charge is 0.0512 e. The maximum absolute atomic E-state index is 2.44. The van der Waals surface area contributed by atoms with Crippen LogP contribution >= 0.6 is 22.6 Å². The molecule has 0 fully saturated rings. The second-order valence-electron chi connectivity index (χ2n) is 2.88. The van der Waals surface area contributed by atoms with Crippen molar-refractivity contribution in [3.63, 3.8) is 0 Å². The number of nitrogens with zero attached hydrogens (tertiary/aromatic N) is 1. The minimum Gasteiger partial charge on any atom is -0.286 e. The summed E-state index contributed by atoms with van der Waals surface area (Å²) in [4.78, 5) is 2.44. The van der Waals surface area contributed by atoms with Crippen molar-refractivity contribution in [1.82, 2.24) is 4.90 Å². The fourth-order valence-electron chi connectivity index (χ4n) is 1.49. The van der Waals surface area contributed by atoms with Crippen LogP contribution in [0.25, 0.3) is 0 Å². The summed E-state index contributed by atoms with van der Waals surface area (Å²) in [5.41, 5.74) is 3.01. The van der Waals surface area contributed by atoms with Gasteiger partial charge >= 0.3 is 0 Å². The summed E-state index contributed by atoms with van der Waals surface area (Å²) in [6.07, 6.45) is 0. The summed E-state index contributed by atoms with van der Waals surface area (Å²) in [6, 6.07) is 8.69. The zero-order chi connectivity index (χ0) is 7.68. The van der Waals surface area contributed by atoms with Crippen LogP contribution in [-0.2, 0) is 13.1 Å². The van der Waals surface area contributed by atoms with Crippen LogP contribution in [0.15, 0.2) is 24.3 Å². The van der Waals surface area contributed by atoms with Gasteiger partial charge in [0.25, 0.3) is 0 Å². The SMILES string of the molecule is ICN1Cc2ccccc2C1. The molecule has 11 heavy (non-hydrogen) atoms. The van der Waals surface area contributed by atoms with Gasteiger partial charge in [0.15, 0.2) is 0 Å². The number of hydrogen-bond donors (Lipinski definition) is 0. The predicted octanol–water partition coefficient (Wildman–Crippen LogP) is 2.39. The number of benzene rings is 1. The molecule has 0 unspecified atom stereocenters. The first-order valence-electron chi connectivity index (χ1n) is 3.75. The third-order valence-corrected chi connectivity index (χ3v) is 3.04. The summed E-state index contributed by atoms with van der Waals surface area (Å²) < 4.78 is 1.13. The Morgan fingerprint density at radius 3 is 2.18 bits per heavy atom. The van der Waals surface area contributed by atoms with Gasteiger partial charge < -0.3 is 0 Å². The van der Waals surface area contributed by atoms with Gasteiger partial charge in [-0.1, -0.05) is 46.9 Å². The fourth-order valence-corrected chi connectivity index (χ4v) is 1.97. The molecule has 0 saturated carbocycles. The molecule has 1 aliphatic rings. The monoisotopic (exact) mass is 259 g/mol. The molecule has 58 valence electrons. The topological polar surface area (TPSA) is 3.24 Å². The van der Waals surface area contributed by atoms with E-state index in [1.54, 1.807) is 0 Å². The number of alkyl halides is 1. The van der Waals surface area contributed by atoms with E-state index in [4.69, 9.17) is 0 Å². The van der Waals surface area contributed by atoms with Crippen LogP contribution in [0.3, 0.4) is 0 Å². The first-order valence-corrected chi connectivity index (χ1v) is 5.28. The molecule has 1 nitrogen and oxygen atoms in total. The van der Waals surface area contributed by atoms with Crippen LogP contribution in [0, 0.1) is 0 Å². The molecule has 0 bridgehead atoms. The Labute approximate surface area is 80.5 Å². The molecule has 1 aromatic rings. The van der Waals surface area contributed by atoms with E-state index in [1.165, 1.54) is 11.1 Å². The Kier molecular flexibility index (Phi) is 2.13. The van der Waals surface area contributed by atoms with Gasteiger partial charge in [0.1, 0.15) is 0 Å². The fraction of sp³-hybridized carbons (Fsp3) is 0.333. The van der Waals surface area contributed by atoms with Crippen molar-refractivity contribution in [2.75, 3.05) is 4.55 Å². The Balaban J connectivity index is 2.27. The van der Waals surface area contributed by atoms with Crippen molar-refractivity contribution < 1.29 is 0 Å². The maximum atomic E-state index is 2.44. The lowest BCUT2D eigenvalue weighted by atomic mass is 10.1. The molecule has 1 aliphatic heterocycles. The summed E-state index contributed by atoms with van der Waals surface area (Å²) in [7, 11) is 0. The highest BCUT2D eigenvalue weighted by Crippen LogP contribution is 2.22. The lowest BCUT2D eigenvalue weighted by molar-refractivity contribution is 0.346. The van der Waals surface area contributed by atoms with E-state index in [0.717, 1.165) is 17.6 Å². The van der Waals surface area contributed by atoms with Crippen LogP contribution < -0.4 is 0 Å². The first-order chi connectivity index (χ1) is 5.40. The molecule has 2 heteroatoms. The van der Waals surface area contributed by atoms with Crippen molar-refractivity contribution in [2.24, 2.45) is 0 Å². The molecule has 1 aromatic carbocycles. The van der Waals surface area contributed by atoms with E-state index in [2.05, 4.69) is 51.8 Å². The molecule has 0 aromatic heterocycles. The molecular weight excluding hydrogens is 249 g/mol. The van der Waals surface area contributed by atoms with Crippen LogP contribution in [0.5, 0.6) is 0 Å². The van der Waals surface area contributed by atoms with Gasteiger partial charge in [0.2, 0.25) is 0 Å². The normalized spacial score (nSPS) is 16.8. The molecule has 2 rings (SSSR count). The highest BCUT2D eigenvalue weighted by molar-refractivity contribution is 14.1. The summed E-state index contributed by atoms with van der Waals surface area (Å²) in [5, 5.41) is 0. The average Bonchev–Trinajstić information content (AvgIpc) is 2.46. The quantitative estimate of drug-likeness (QED) is 0.425. The van der Waals surface area contributed by atoms with Gasteiger partial charge in [-0.05, 0) is 11.1 Å². The lowest BCUT2D eigenvalue weighted by Gasteiger charge is -2.08. The van der Waals surface area contributed by atoms with Gasteiger partial charge in [0, 0.05) is 13.1 Å². The van der Waals surface area contributed by atoms with Crippen LogP contribution in [0.4, 0.5) is 0 Å². The Morgan fingerprint density at radius 1 is 1.18 bits per heavy atom. The first kappa shape index (κ1) is 7.55. The second kappa shape index (κ2) is 3.11. The molecule has 0 aliphatic carbocycles. The predicted molar refractivity (Wildman–Crippen MR) is 54.6 cm³/mol. The number of fused-ring (bicyclic) bond motifs is 1. The lowest BCUT2D eigenvalue weighted by Crippen LogP contribution is -2.12. The van der Waals surface area contributed by atoms with E-state index in [0.29, 0.717) is 0 Å². The third kappa shape index (κ3) is 1.42. The number of halogens is 1. The van der Waals surface area contributed by atoms with Crippen molar-refractivity contribution in [3.05, 3.63) is 35.4 Å². The molecule has 0 saturated heterocycles. The van der Waals surface area contributed by atoms with Crippen molar-refractivity contribution >= 4 is 22.6 Å². The van der Waals surface area contributed by atoms with E-state index < -0.39 is 0 Å². The minimum atomic E-state index is 1.13. The summed E-state index contributed by atoms with van der Waals surface area (Å²) in [6.45, 7) is 2.28. The van der Waals surface area contributed by atoms with E-state index in [1.807, 2.05) is 0 Å². The van der Waals surface area contributed by atoms with E-state index in [-0.39, 0.29) is 0 Å². The minimum absolute atomic E-state index is 1.13. The standard InChI is InChI=1S/C9H10IN/c10-7-11-5-8-3-1-2-4-9(8)6-11/h1-4H,5-7H2. The second-order valence-corrected chi connectivity index (χ2v) is 3.56. The molecule has 0 N–H and O–H groups in total. The molecule has 0 amide bonds. The molecule has 0 radical (unpaired) electrons. The van der Waals surface area contributed by atoms with Gasteiger partial charge in [0.05, 0.1) is 4.55 Å². The van der Waals surface area contributed by atoms with E-state index in [9.17, 15) is 0 Å². The van der Waals surface area contributed by atoms with Crippen molar-refractivity contribution in [1.29, 1.82) is 0 Å². The third-order valence-electron chi connectivity index (χ3n) is 2.08.